The maximum Gasteiger partial charge on any atom is 0.0936 e. The third-order valence-corrected chi connectivity index (χ3v) is 2.54. The van der Waals surface area contributed by atoms with Crippen LogP contribution in [0, 0.1) is 6.92 Å². The molecule has 1 rings (SSSR count). The van der Waals surface area contributed by atoms with Crippen molar-refractivity contribution in [2.24, 2.45) is 0 Å². The minimum absolute atomic E-state index is 0.0260. The van der Waals surface area contributed by atoms with Crippen molar-refractivity contribution in [1.82, 2.24) is 5.32 Å². The van der Waals surface area contributed by atoms with Gasteiger partial charge in [-0.15, -0.1) is 0 Å². The third kappa shape index (κ3) is 2.56. The van der Waals surface area contributed by atoms with Gasteiger partial charge in [0.25, 0.3) is 0 Å². The molecule has 1 unspecified atom stereocenters. The van der Waals surface area contributed by atoms with E-state index in [1.165, 1.54) is 16.7 Å². The van der Waals surface area contributed by atoms with Crippen LogP contribution in [0.15, 0.2) is 18.2 Å². The second-order valence-electron chi connectivity index (χ2n) is 3.64. The molecule has 0 aliphatic carbocycles. The molecule has 0 spiro atoms. The molecule has 1 aromatic carbocycles. The topological polar surface area (TPSA) is 32.3 Å². The smallest absolute Gasteiger partial charge is 0.0936 e. The first-order valence-corrected chi connectivity index (χ1v) is 5.12. The molecule has 1 atom stereocenters. The Hall–Kier alpha value is -0.860. The van der Waals surface area contributed by atoms with Crippen molar-refractivity contribution in [1.29, 1.82) is 0 Å². The molecule has 0 amide bonds. The Labute approximate surface area is 86.0 Å². The monoisotopic (exact) mass is 193 g/mol. The molecule has 0 aliphatic heterocycles. The van der Waals surface area contributed by atoms with Crippen molar-refractivity contribution in [2.45, 2.75) is 33.2 Å². The minimum atomic E-state index is 0.0260. The standard InChI is InChI=1S/C12H19NO/c1-4-11-7-9(2)5-6-12(11)10(3)13-8-14/h5-7,10,13-14H,4,8H2,1-3H3. The molecule has 0 aliphatic rings. The number of nitrogens with one attached hydrogen (secondary N) is 1. The number of benzene rings is 1. The largest absolute Gasteiger partial charge is 0.381 e. The first-order chi connectivity index (χ1) is 6.69. The fourth-order valence-corrected chi connectivity index (χ4v) is 1.71. The van der Waals surface area contributed by atoms with Gasteiger partial charge in [-0.25, -0.2) is 0 Å². The van der Waals surface area contributed by atoms with Crippen LogP contribution in [0.3, 0.4) is 0 Å². The molecule has 2 heteroatoms. The lowest BCUT2D eigenvalue weighted by molar-refractivity contribution is 0.245. The summed E-state index contributed by atoms with van der Waals surface area (Å²) >= 11 is 0. The van der Waals surface area contributed by atoms with E-state index in [1.807, 2.05) is 0 Å². The number of hydrogen-bond acceptors (Lipinski definition) is 2. The van der Waals surface area contributed by atoms with Gasteiger partial charge in [0.15, 0.2) is 0 Å². The highest BCUT2D eigenvalue weighted by Gasteiger charge is 2.08. The number of aliphatic hydroxyl groups excluding tert-OH is 1. The molecule has 0 saturated heterocycles. The molecule has 2 nitrogen and oxygen atoms in total. The summed E-state index contributed by atoms with van der Waals surface area (Å²) < 4.78 is 0. The van der Waals surface area contributed by atoms with Crippen LogP contribution in [0.25, 0.3) is 0 Å². The normalized spacial score (nSPS) is 12.9. The van der Waals surface area contributed by atoms with E-state index in [1.54, 1.807) is 0 Å². The van der Waals surface area contributed by atoms with Crippen LogP contribution in [-0.4, -0.2) is 11.8 Å². The summed E-state index contributed by atoms with van der Waals surface area (Å²) in [7, 11) is 0. The summed E-state index contributed by atoms with van der Waals surface area (Å²) in [5.41, 5.74) is 3.94. The zero-order valence-corrected chi connectivity index (χ0v) is 9.17. The van der Waals surface area contributed by atoms with Gasteiger partial charge >= 0.3 is 0 Å². The molecule has 0 aromatic heterocycles. The predicted octanol–water partition coefficient (Wildman–Crippen LogP) is 2.16. The Morgan fingerprint density at radius 3 is 2.71 bits per heavy atom. The SMILES string of the molecule is CCc1cc(C)ccc1C(C)NCO. The van der Waals surface area contributed by atoms with Gasteiger partial charge < -0.3 is 5.11 Å². The average molecular weight is 193 g/mol. The van der Waals surface area contributed by atoms with E-state index in [9.17, 15) is 0 Å². The molecule has 1 aromatic rings. The van der Waals surface area contributed by atoms with Crippen molar-refractivity contribution in [3.8, 4) is 0 Å². The van der Waals surface area contributed by atoms with Crippen LogP contribution in [0.2, 0.25) is 0 Å². The van der Waals surface area contributed by atoms with E-state index in [2.05, 4.69) is 44.3 Å². The first kappa shape index (κ1) is 11.2. The lowest BCUT2D eigenvalue weighted by Crippen LogP contribution is -2.20. The molecule has 0 bridgehead atoms. The van der Waals surface area contributed by atoms with Gasteiger partial charge in [0.05, 0.1) is 6.73 Å². The van der Waals surface area contributed by atoms with E-state index in [0.717, 1.165) is 6.42 Å². The number of rotatable bonds is 4. The highest BCUT2D eigenvalue weighted by molar-refractivity contribution is 5.33. The summed E-state index contributed by atoms with van der Waals surface area (Å²) in [5, 5.41) is 11.8. The Balaban J connectivity index is 2.95. The Morgan fingerprint density at radius 2 is 2.14 bits per heavy atom. The van der Waals surface area contributed by atoms with Gasteiger partial charge in [-0.1, -0.05) is 30.7 Å². The van der Waals surface area contributed by atoms with Gasteiger partial charge in [0.1, 0.15) is 0 Å². The lowest BCUT2D eigenvalue weighted by atomic mass is 9.97. The zero-order chi connectivity index (χ0) is 10.6. The van der Waals surface area contributed by atoms with Gasteiger partial charge in [0.2, 0.25) is 0 Å². The zero-order valence-electron chi connectivity index (χ0n) is 9.17. The molecule has 0 fully saturated rings. The Kier molecular flexibility index (Phi) is 4.11. The molecular weight excluding hydrogens is 174 g/mol. The maximum absolute atomic E-state index is 8.81. The quantitative estimate of drug-likeness (QED) is 0.718. The van der Waals surface area contributed by atoms with E-state index in [4.69, 9.17) is 5.11 Å². The number of aryl methyl sites for hydroxylation is 2. The summed E-state index contributed by atoms with van der Waals surface area (Å²) in [5.74, 6) is 0. The predicted molar refractivity (Wildman–Crippen MR) is 59.2 cm³/mol. The molecular formula is C12H19NO. The van der Waals surface area contributed by atoms with Crippen LogP contribution in [0.1, 0.15) is 36.6 Å². The van der Waals surface area contributed by atoms with Gasteiger partial charge in [-0.3, -0.25) is 5.32 Å². The summed E-state index contributed by atoms with van der Waals surface area (Å²) in [6, 6.07) is 6.69. The van der Waals surface area contributed by atoms with Crippen LogP contribution in [0.4, 0.5) is 0 Å². The lowest BCUT2D eigenvalue weighted by Gasteiger charge is -2.16. The van der Waals surface area contributed by atoms with Gasteiger partial charge in [-0.2, -0.15) is 0 Å². The minimum Gasteiger partial charge on any atom is -0.381 e. The van der Waals surface area contributed by atoms with Crippen molar-refractivity contribution >= 4 is 0 Å². The summed E-state index contributed by atoms with van der Waals surface area (Å²) in [6.07, 6.45) is 1.04. The molecule has 0 saturated carbocycles. The molecule has 14 heavy (non-hydrogen) atoms. The molecule has 0 radical (unpaired) electrons. The second kappa shape index (κ2) is 5.13. The highest BCUT2D eigenvalue weighted by atomic mass is 16.3. The van der Waals surface area contributed by atoms with Crippen molar-refractivity contribution in [3.63, 3.8) is 0 Å². The van der Waals surface area contributed by atoms with Crippen molar-refractivity contribution in [2.75, 3.05) is 6.73 Å². The first-order valence-electron chi connectivity index (χ1n) is 5.12. The Morgan fingerprint density at radius 1 is 1.43 bits per heavy atom. The highest BCUT2D eigenvalue weighted by Crippen LogP contribution is 2.19. The van der Waals surface area contributed by atoms with Crippen LogP contribution in [0.5, 0.6) is 0 Å². The van der Waals surface area contributed by atoms with Crippen LogP contribution >= 0.6 is 0 Å². The number of aliphatic hydroxyl groups is 1. The Bertz CT molecular complexity index is 296. The van der Waals surface area contributed by atoms with E-state index in [0.29, 0.717) is 0 Å². The molecule has 2 N–H and O–H groups in total. The average Bonchev–Trinajstić information content (AvgIpc) is 2.17. The van der Waals surface area contributed by atoms with Gasteiger partial charge in [0, 0.05) is 6.04 Å². The van der Waals surface area contributed by atoms with E-state index in [-0.39, 0.29) is 12.8 Å². The maximum atomic E-state index is 8.81. The van der Waals surface area contributed by atoms with E-state index >= 15 is 0 Å². The molecule has 0 heterocycles. The van der Waals surface area contributed by atoms with Crippen LogP contribution < -0.4 is 5.32 Å². The second-order valence-corrected chi connectivity index (χ2v) is 3.64. The van der Waals surface area contributed by atoms with Crippen molar-refractivity contribution < 1.29 is 5.11 Å². The fraction of sp³-hybridized carbons (Fsp3) is 0.500. The van der Waals surface area contributed by atoms with Gasteiger partial charge in [-0.05, 0) is 31.4 Å². The molecule has 78 valence electrons. The van der Waals surface area contributed by atoms with E-state index < -0.39 is 0 Å². The third-order valence-electron chi connectivity index (χ3n) is 2.54. The summed E-state index contributed by atoms with van der Waals surface area (Å²) in [6.45, 7) is 6.36. The number of hydrogen-bond donors (Lipinski definition) is 2. The summed E-state index contributed by atoms with van der Waals surface area (Å²) in [4.78, 5) is 0. The van der Waals surface area contributed by atoms with Crippen LogP contribution in [-0.2, 0) is 6.42 Å². The fourth-order valence-electron chi connectivity index (χ4n) is 1.71. The van der Waals surface area contributed by atoms with Crippen molar-refractivity contribution in [3.05, 3.63) is 34.9 Å².